The van der Waals surface area contributed by atoms with Crippen molar-refractivity contribution in [3.05, 3.63) is 76.9 Å². The summed E-state index contributed by atoms with van der Waals surface area (Å²) in [6, 6.07) is 7.89. The number of hydrogen-bond donors (Lipinski definition) is 3. The topological polar surface area (TPSA) is 116 Å². The van der Waals surface area contributed by atoms with Crippen LogP contribution in [0, 0.1) is 24.0 Å². The number of nitrogens with zero attached hydrogens (tertiary/aromatic N) is 4. The molecular weight excluding hydrogens is 556 g/mol. The highest BCUT2D eigenvalue weighted by molar-refractivity contribution is 6.21. The number of amides is 2. The van der Waals surface area contributed by atoms with Gasteiger partial charge in [-0.1, -0.05) is 6.07 Å². The van der Waals surface area contributed by atoms with Crippen molar-refractivity contribution < 1.29 is 23.1 Å². The van der Waals surface area contributed by atoms with E-state index in [1.165, 1.54) is 29.8 Å². The van der Waals surface area contributed by atoms with Gasteiger partial charge in [0.2, 0.25) is 0 Å². The molecule has 12 heteroatoms. The highest BCUT2D eigenvalue weighted by atomic mass is 19.2. The number of benzene rings is 2. The predicted molar refractivity (Wildman–Crippen MR) is 162 cm³/mol. The van der Waals surface area contributed by atoms with Crippen LogP contribution in [-0.2, 0) is 11.8 Å². The van der Waals surface area contributed by atoms with E-state index in [0.29, 0.717) is 37.5 Å². The number of halogens is 2. The molecule has 228 valence electrons. The third kappa shape index (κ3) is 6.98. The molecule has 10 nitrogen and oxygen atoms in total. The van der Waals surface area contributed by atoms with Gasteiger partial charge in [0, 0.05) is 93.8 Å². The molecule has 2 amide bonds. The van der Waals surface area contributed by atoms with Crippen LogP contribution in [0.3, 0.4) is 0 Å². The van der Waals surface area contributed by atoms with Crippen molar-refractivity contribution in [3.8, 4) is 11.3 Å². The second kappa shape index (κ2) is 13.7. The van der Waals surface area contributed by atoms with Crippen molar-refractivity contribution in [2.24, 2.45) is 7.05 Å². The Morgan fingerprint density at radius 1 is 1.16 bits per heavy atom. The molecule has 0 unspecified atom stereocenters. The molecule has 0 aliphatic carbocycles. The van der Waals surface area contributed by atoms with E-state index in [4.69, 9.17) is 10.1 Å². The Morgan fingerprint density at radius 3 is 2.51 bits per heavy atom. The van der Waals surface area contributed by atoms with E-state index in [0.717, 1.165) is 18.7 Å². The van der Waals surface area contributed by atoms with Gasteiger partial charge in [0.15, 0.2) is 17.5 Å². The molecule has 0 bridgehead atoms. The third-order valence-electron chi connectivity index (χ3n) is 7.36. The second-order valence-electron chi connectivity index (χ2n) is 10.5. The standard InChI is InChI=1S/C31H37F2N7O3/c1-19-16-21(6-7-22(19)31(42)40-12-10-35-11-13-40)37-30(41)29-36-17-26(39(29)4)24-9-8-23(27(32)28(24)33)25(20(2)34)18-38(3)14-15-43-5/h6-9,16-18,34-35H,10-15H2,1-5H3,(H,37,41)/b25-18+,34-20?. The van der Waals surface area contributed by atoms with Crippen LogP contribution in [0.25, 0.3) is 16.8 Å². The monoisotopic (exact) mass is 593 g/mol. The second-order valence-corrected chi connectivity index (χ2v) is 10.5. The highest BCUT2D eigenvalue weighted by Gasteiger charge is 2.24. The van der Waals surface area contributed by atoms with E-state index in [-0.39, 0.29) is 39.8 Å². The Morgan fingerprint density at radius 2 is 1.86 bits per heavy atom. The van der Waals surface area contributed by atoms with Gasteiger partial charge in [0.1, 0.15) is 0 Å². The zero-order valence-electron chi connectivity index (χ0n) is 25.1. The van der Waals surface area contributed by atoms with E-state index in [2.05, 4.69) is 15.6 Å². The summed E-state index contributed by atoms with van der Waals surface area (Å²) in [7, 11) is 4.87. The van der Waals surface area contributed by atoms with Crippen molar-refractivity contribution in [1.29, 1.82) is 5.41 Å². The summed E-state index contributed by atoms with van der Waals surface area (Å²) in [5.74, 6) is -2.82. The zero-order chi connectivity index (χ0) is 31.3. The molecule has 2 heterocycles. The fourth-order valence-electron chi connectivity index (χ4n) is 4.92. The number of carbonyl (C=O) groups excluding carboxylic acids is 2. The van der Waals surface area contributed by atoms with Gasteiger partial charge in [-0.15, -0.1) is 0 Å². The highest BCUT2D eigenvalue weighted by Crippen LogP contribution is 2.30. The first-order valence-corrected chi connectivity index (χ1v) is 13.9. The van der Waals surface area contributed by atoms with E-state index in [1.54, 1.807) is 55.4 Å². The fourth-order valence-corrected chi connectivity index (χ4v) is 4.92. The van der Waals surface area contributed by atoms with Crippen LogP contribution >= 0.6 is 0 Å². The van der Waals surface area contributed by atoms with E-state index >= 15 is 8.78 Å². The van der Waals surface area contributed by atoms with Gasteiger partial charge < -0.3 is 35.1 Å². The van der Waals surface area contributed by atoms with Crippen LogP contribution in [0.2, 0.25) is 0 Å². The van der Waals surface area contributed by atoms with Gasteiger partial charge in [-0.05, 0) is 43.7 Å². The number of rotatable bonds is 10. The van der Waals surface area contributed by atoms with Crippen LogP contribution in [0.5, 0.6) is 0 Å². The number of nitrogens with one attached hydrogen (secondary N) is 3. The molecule has 1 aromatic heterocycles. The lowest BCUT2D eigenvalue weighted by Crippen LogP contribution is -2.46. The lowest BCUT2D eigenvalue weighted by atomic mass is 9.99. The minimum Gasteiger partial charge on any atom is -0.383 e. The summed E-state index contributed by atoms with van der Waals surface area (Å²) in [6.07, 6.45) is 2.89. The van der Waals surface area contributed by atoms with E-state index in [1.807, 2.05) is 6.92 Å². The van der Waals surface area contributed by atoms with Crippen LogP contribution in [0.1, 0.15) is 39.0 Å². The minimum atomic E-state index is -1.11. The summed E-state index contributed by atoms with van der Waals surface area (Å²) in [6.45, 7) is 7.03. The summed E-state index contributed by atoms with van der Waals surface area (Å²) in [5.41, 5.74) is 2.16. The number of ether oxygens (including phenoxy) is 1. The lowest BCUT2D eigenvalue weighted by Gasteiger charge is -2.28. The molecule has 43 heavy (non-hydrogen) atoms. The number of methoxy groups -OCH3 is 1. The Labute approximate surface area is 249 Å². The number of allylic oxidation sites excluding steroid dienone is 1. The first-order chi connectivity index (χ1) is 20.5. The Balaban J connectivity index is 1.55. The van der Waals surface area contributed by atoms with Crippen LogP contribution in [0.4, 0.5) is 14.5 Å². The van der Waals surface area contributed by atoms with Crippen LogP contribution < -0.4 is 10.6 Å². The van der Waals surface area contributed by atoms with Crippen molar-refractivity contribution in [1.82, 2.24) is 24.7 Å². The smallest absolute Gasteiger partial charge is 0.291 e. The first kappa shape index (κ1) is 31.5. The molecule has 4 rings (SSSR count). The quantitative estimate of drug-likeness (QED) is 0.307. The zero-order valence-corrected chi connectivity index (χ0v) is 25.1. The van der Waals surface area contributed by atoms with E-state index < -0.39 is 17.5 Å². The molecule has 0 saturated carbocycles. The average Bonchev–Trinajstić information content (AvgIpc) is 3.37. The molecular formula is C31H37F2N7O3. The molecule has 1 aliphatic rings. The molecule has 3 aromatic rings. The molecule has 0 atom stereocenters. The van der Waals surface area contributed by atoms with E-state index in [9.17, 15) is 9.59 Å². The Hall–Kier alpha value is -4.42. The summed E-state index contributed by atoms with van der Waals surface area (Å²) >= 11 is 0. The van der Waals surface area contributed by atoms with Crippen molar-refractivity contribution >= 4 is 28.8 Å². The minimum absolute atomic E-state index is 0.00630. The number of piperazine rings is 1. The van der Waals surface area contributed by atoms with Gasteiger partial charge >= 0.3 is 0 Å². The fraction of sp³-hybridized carbons (Fsp3) is 0.355. The predicted octanol–water partition coefficient (Wildman–Crippen LogP) is 3.93. The van der Waals surface area contributed by atoms with Crippen molar-refractivity contribution in [3.63, 3.8) is 0 Å². The largest absolute Gasteiger partial charge is 0.383 e. The number of likely N-dealkylation sites (N-methyl/N-ethyl adjacent to an activating group) is 1. The number of aromatic nitrogens is 2. The molecule has 0 spiro atoms. The molecule has 1 aliphatic heterocycles. The number of imidazole rings is 1. The maximum Gasteiger partial charge on any atom is 0.291 e. The summed E-state index contributed by atoms with van der Waals surface area (Å²) in [5, 5.41) is 14.1. The van der Waals surface area contributed by atoms with Gasteiger partial charge in [0.05, 0.1) is 18.5 Å². The average molecular weight is 594 g/mol. The normalized spacial score (nSPS) is 13.7. The van der Waals surface area contributed by atoms with Gasteiger partial charge in [-0.2, -0.15) is 0 Å². The number of carbonyl (C=O) groups is 2. The van der Waals surface area contributed by atoms with Gasteiger partial charge in [-0.3, -0.25) is 9.59 Å². The summed E-state index contributed by atoms with van der Waals surface area (Å²) in [4.78, 5) is 33.7. The number of hydrogen-bond acceptors (Lipinski definition) is 7. The van der Waals surface area contributed by atoms with Crippen LogP contribution in [-0.4, -0.2) is 90.4 Å². The number of aryl methyl sites for hydroxylation is 1. The molecule has 1 saturated heterocycles. The van der Waals surface area contributed by atoms with Crippen molar-refractivity contribution in [2.75, 3.05) is 58.8 Å². The SMILES string of the molecule is COCCN(C)/C=C(\C(C)=N)c1ccc(-c2cnc(C(=O)Nc3ccc(C(=O)N4CCNCC4)c(C)c3)n2C)c(F)c1F. The van der Waals surface area contributed by atoms with Gasteiger partial charge in [0.25, 0.3) is 11.8 Å². The Bertz CT molecular complexity index is 1560. The van der Waals surface area contributed by atoms with Crippen molar-refractivity contribution in [2.45, 2.75) is 13.8 Å². The lowest BCUT2D eigenvalue weighted by molar-refractivity contribution is 0.0735. The molecule has 3 N–H and O–H groups in total. The molecule has 0 radical (unpaired) electrons. The molecule has 2 aromatic carbocycles. The Kier molecular flexibility index (Phi) is 10.0. The molecule has 1 fully saturated rings. The van der Waals surface area contributed by atoms with Gasteiger partial charge in [-0.25, -0.2) is 13.8 Å². The maximum atomic E-state index is 15.4. The number of anilines is 1. The maximum absolute atomic E-state index is 15.4. The van der Waals surface area contributed by atoms with Crippen LogP contribution in [0.15, 0.2) is 42.7 Å². The first-order valence-electron chi connectivity index (χ1n) is 13.9. The third-order valence-corrected chi connectivity index (χ3v) is 7.36. The summed E-state index contributed by atoms with van der Waals surface area (Å²) < 4.78 is 37.3.